The number of halogens is 1. The van der Waals surface area contributed by atoms with Crippen molar-refractivity contribution in [3.05, 3.63) is 68.2 Å². The first-order chi connectivity index (χ1) is 12.2. The van der Waals surface area contributed by atoms with E-state index in [0.717, 1.165) is 13.8 Å². The molecule has 3 aromatic rings. The van der Waals surface area contributed by atoms with Crippen molar-refractivity contribution >= 4 is 22.6 Å². The van der Waals surface area contributed by atoms with E-state index in [1.54, 1.807) is 24.3 Å². The van der Waals surface area contributed by atoms with E-state index in [0.29, 0.717) is 17.9 Å². The minimum Gasteiger partial charge on any atom is -0.489 e. The molecule has 126 valence electrons. The Morgan fingerprint density at radius 3 is 2.76 bits per heavy atom. The molecule has 0 spiro atoms. The normalized spacial score (nSPS) is 10.4. The van der Waals surface area contributed by atoms with Gasteiger partial charge in [-0.3, -0.25) is 0 Å². The Balaban J connectivity index is 1.68. The van der Waals surface area contributed by atoms with Crippen molar-refractivity contribution in [1.82, 2.24) is 9.78 Å². The molecule has 0 unspecified atom stereocenters. The lowest BCUT2D eigenvalue weighted by Gasteiger charge is -2.07. The van der Waals surface area contributed by atoms with E-state index in [4.69, 9.17) is 14.4 Å². The third-order valence-corrected chi connectivity index (χ3v) is 4.11. The van der Waals surface area contributed by atoms with E-state index in [1.165, 1.54) is 0 Å². The lowest BCUT2D eigenvalue weighted by molar-refractivity contribution is 0.306. The third kappa shape index (κ3) is 4.48. The molecule has 0 aliphatic rings. The van der Waals surface area contributed by atoms with Gasteiger partial charge in [-0.1, -0.05) is 12.1 Å². The van der Waals surface area contributed by atoms with Crippen LogP contribution < -0.4 is 10.5 Å². The lowest BCUT2D eigenvalue weighted by atomic mass is 10.2. The minimum absolute atomic E-state index is 0.205. The maximum Gasteiger partial charge on any atom is 0.437 e. The number of rotatable bonds is 6. The third-order valence-electron chi connectivity index (χ3n) is 3.44. The Kier molecular flexibility index (Phi) is 5.50. The molecule has 0 N–H and O–H groups in total. The van der Waals surface area contributed by atoms with Crippen LogP contribution in [0, 0.1) is 14.9 Å². The van der Waals surface area contributed by atoms with E-state index in [2.05, 4.69) is 33.8 Å². The second kappa shape index (κ2) is 7.98. The average molecular weight is 447 g/mol. The van der Waals surface area contributed by atoms with Crippen LogP contribution in [0.1, 0.15) is 12.0 Å². The molecule has 0 saturated carbocycles. The number of ether oxygens (including phenoxy) is 1. The van der Waals surface area contributed by atoms with E-state index in [1.807, 2.05) is 24.3 Å². The fourth-order valence-corrected chi connectivity index (χ4v) is 2.81. The number of nitriles is 1. The van der Waals surface area contributed by atoms with E-state index >= 15 is 0 Å². The first kappa shape index (κ1) is 17.2. The zero-order valence-corrected chi connectivity index (χ0v) is 15.3. The van der Waals surface area contributed by atoms with E-state index < -0.39 is 5.76 Å². The Morgan fingerprint density at radius 2 is 2.04 bits per heavy atom. The number of aryl methyl sites for hydroxylation is 1. The van der Waals surface area contributed by atoms with Gasteiger partial charge in [0, 0.05) is 9.13 Å². The molecule has 0 atom stereocenters. The molecule has 0 bridgehead atoms. The summed E-state index contributed by atoms with van der Waals surface area (Å²) in [5.74, 6) is 0.380. The fraction of sp³-hybridized carbons (Fsp3) is 0.167. The quantitative estimate of drug-likeness (QED) is 0.540. The number of aromatic nitrogens is 2. The summed E-state index contributed by atoms with van der Waals surface area (Å²) in [7, 11) is 0. The summed E-state index contributed by atoms with van der Waals surface area (Å²) in [5.41, 5.74) is 1.77. The maximum absolute atomic E-state index is 11.7. The van der Waals surface area contributed by atoms with Crippen LogP contribution in [0.3, 0.4) is 0 Å². The Hall–Kier alpha value is -2.60. The van der Waals surface area contributed by atoms with E-state index in [9.17, 15) is 4.79 Å². The number of hydrogen-bond donors (Lipinski definition) is 0. The van der Waals surface area contributed by atoms with Crippen molar-refractivity contribution in [3.63, 3.8) is 0 Å². The van der Waals surface area contributed by atoms with Gasteiger partial charge < -0.3 is 9.15 Å². The minimum atomic E-state index is -0.566. The molecule has 7 heteroatoms. The summed E-state index contributed by atoms with van der Waals surface area (Å²) in [6.07, 6.45) is 0.205. The molecule has 0 saturated heterocycles. The monoisotopic (exact) mass is 447 g/mol. The average Bonchev–Trinajstić information content (AvgIpc) is 2.99. The van der Waals surface area contributed by atoms with Crippen LogP contribution in [0.5, 0.6) is 5.75 Å². The van der Waals surface area contributed by atoms with Gasteiger partial charge in [0.05, 0.1) is 19.0 Å². The topological polar surface area (TPSA) is 81.1 Å². The van der Waals surface area contributed by atoms with Crippen LogP contribution in [0.4, 0.5) is 0 Å². The van der Waals surface area contributed by atoms with Crippen molar-refractivity contribution in [1.29, 1.82) is 5.26 Å². The Labute approximate surface area is 157 Å². The summed E-state index contributed by atoms with van der Waals surface area (Å²) in [5, 5.41) is 12.7. The van der Waals surface area contributed by atoms with Gasteiger partial charge in [0.15, 0.2) is 0 Å². The first-order valence-electron chi connectivity index (χ1n) is 7.58. The number of nitrogens with zero attached hydrogens (tertiary/aromatic N) is 3. The Morgan fingerprint density at radius 1 is 1.24 bits per heavy atom. The van der Waals surface area contributed by atoms with Gasteiger partial charge in [-0.2, -0.15) is 9.94 Å². The highest BCUT2D eigenvalue weighted by Gasteiger charge is 2.10. The molecule has 6 nitrogen and oxygen atoms in total. The molecule has 1 aromatic heterocycles. The molecular weight excluding hydrogens is 433 g/mol. The van der Waals surface area contributed by atoms with Crippen molar-refractivity contribution in [2.24, 2.45) is 0 Å². The van der Waals surface area contributed by atoms with Gasteiger partial charge in [0.2, 0.25) is 5.89 Å². The fourth-order valence-electron chi connectivity index (χ4n) is 2.21. The van der Waals surface area contributed by atoms with Crippen LogP contribution in [0.15, 0.2) is 57.7 Å². The summed E-state index contributed by atoms with van der Waals surface area (Å²) in [6, 6.07) is 17.2. The summed E-state index contributed by atoms with van der Waals surface area (Å²) in [4.78, 5) is 11.7. The molecular formula is C18H14IN3O3. The largest absolute Gasteiger partial charge is 0.489 e. The molecule has 0 aliphatic carbocycles. The lowest BCUT2D eigenvalue weighted by Crippen LogP contribution is -2.15. The molecule has 2 aromatic carbocycles. The van der Waals surface area contributed by atoms with Gasteiger partial charge >= 0.3 is 5.76 Å². The van der Waals surface area contributed by atoms with Crippen molar-refractivity contribution < 1.29 is 9.15 Å². The smallest absolute Gasteiger partial charge is 0.437 e. The molecule has 0 radical (unpaired) electrons. The summed E-state index contributed by atoms with van der Waals surface area (Å²) >= 11 is 2.27. The van der Waals surface area contributed by atoms with Crippen LogP contribution in [-0.2, 0) is 13.2 Å². The molecule has 0 amide bonds. The number of hydrogen-bond acceptors (Lipinski definition) is 5. The van der Waals surface area contributed by atoms with Gasteiger partial charge in [0.25, 0.3) is 0 Å². The highest BCUT2D eigenvalue weighted by Crippen LogP contribution is 2.21. The second-order valence-corrected chi connectivity index (χ2v) is 6.49. The zero-order chi connectivity index (χ0) is 17.6. The van der Waals surface area contributed by atoms with Crippen LogP contribution in [0.25, 0.3) is 11.5 Å². The van der Waals surface area contributed by atoms with E-state index in [-0.39, 0.29) is 18.9 Å². The zero-order valence-electron chi connectivity index (χ0n) is 13.2. The van der Waals surface area contributed by atoms with Crippen LogP contribution in [0.2, 0.25) is 0 Å². The highest BCUT2D eigenvalue weighted by molar-refractivity contribution is 14.1. The SMILES string of the molecule is N#CCCn1nc(-c2ccc(OCc3cccc(I)c3)cc2)oc1=O. The van der Waals surface area contributed by atoms with Gasteiger partial charge in [-0.05, 0) is 64.6 Å². The Bertz CT molecular complexity index is 955. The predicted molar refractivity (Wildman–Crippen MR) is 99.9 cm³/mol. The van der Waals surface area contributed by atoms with Crippen molar-refractivity contribution in [2.45, 2.75) is 19.6 Å². The first-order valence-corrected chi connectivity index (χ1v) is 8.66. The molecule has 3 rings (SSSR count). The molecule has 0 fully saturated rings. The molecule has 0 aliphatic heterocycles. The summed E-state index contributed by atoms with van der Waals surface area (Å²) in [6.45, 7) is 0.698. The molecule has 25 heavy (non-hydrogen) atoms. The standard InChI is InChI=1S/C18H14IN3O3/c19-15-4-1-3-13(11-15)12-24-16-7-5-14(6-8-16)17-21-22(10-2-9-20)18(23)25-17/h1,3-8,11H,2,10,12H2. The maximum atomic E-state index is 11.7. The predicted octanol–water partition coefficient (Wildman–Crippen LogP) is 3.60. The second-order valence-electron chi connectivity index (χ2n) is 5.25. The van der Waals surface area contributed by atoms with Crippen molar-refractivity contribution in [3.8, 4) is 23.3 Å². The highest BCUT2D eigenvalue weighted by atomic mass is 127. The summed E-state index contributed by atoms with van der Waals surface area (Å²) < 4.78 is 13.2. The van der Waals surface area contributed by atoms with Gasteiger partial charge in [-0.15, -0.1) is 5.10 Å². The number of benzene rings is 2. The van der Waals surface area contributed by atoms with Crippen molar-refractivity contribution in [2.75, 3.05) is 0 Å². The van der Waals surface area contributed by atoms with Crippen LogP contribution in [-0.4, -0.2) is 9.78 Å². The van der Waals surface area contributed by atoms with Crippen LogP contribution >= 0.6 is 22.6 Å². The van der Waals surface area contributed by atoms with Gasteiger partial charge in [-0.25, -0.2) is 4.79 Å². The van der Waals surface area contributed by atoms with Gasteiger partial charge in [0.1, 0.15) is 12.4 Å². The molecule has 1 heterocycles.